The lowest BCUT2D eigenvalue weighted by Gasteiger charge is -2.07. The third kappa shape index (κ3) is 6.06. The maximum Gasteiger partial charge on any atom is 0.238 e. The minimum absolute atomic E-state index is 0.101. The molecular weight excluding hydrogens is 206 g/mol. The van der Waals surface area contributed by atoms with Gasteiger partial charge < -0.3 is 0 Å². The number of hydrogen-bond donors (Lipinski definition) is 0. The quantitative estimate of drug-likeness (QED) is 0.472. The topological polar surface area (TPSA) is 88.3 Å². The van der Waals surface area contributed by atoms with Crippen molar-refractivity contribution in [3.8, 4) is 0 Å². The fourth-order valence-corrected chi connectivity index (χ4v) is 1.38. The smallest absolute Gasteiger partial charge is 0.211 e. The first-order chi connectivity index (χ1) is 6.74. The molecular formula is C7H7N3O3S. The van der Waals surface area contributed by atoms with Crippen LogP contribution in [0.3, 0.4) is 0 Å². The van der Waals surface area contributed by atoms with Crippen molar-refractivity contribution in [2.45, 2.75) is 17.7 Å². The highest BCUT2D eigenvalue weighted by Gasteiger charge is 2.10. The number of rotatable bonds is 6. The molecule has 0 N–H and O–H groups in total. The molecule has 7 heteroatoms. The first kappa shape index (κ1) is 12.5. The van der Waals surface area contributed by atoms with Gasteiger partial charge in [0.05, 0.1) is 6.54 Å². The fraction of sp³-hybridized carbons (Fsp3) is 0.571. The Morgan fingerprint density at radius 1 is 1.14 bits per heavy atom. The van der Waals surface area contributed by atoms with E-state index in [-0.39, 0.29) is 11.8 Å². The summed E-state index contributed by atoms with van der Waals surface area (Å²) in [5, 5.41) is -0.101. The van der Waals surface area contributed by atoms with Crippen LogP contribution in [0.1, 0.15) is 6.92 Å². The van der Waals surface area contributed by atoms with Crippen LogP contribution in [-0.4, -0.2) is 35.5 Å². The van der Waals surface area contributed by atoms with Gasteiger partial charge in [-0.15, -0.1) is 11.8 Å². The molecule has 0 aliphatic carbocycles. The van der Waals surface area contributed by atoms with Gasteiger partial charge in [0.25, 0.3) is 0 Å². The lowest BCUT2D eigenvalue weighted by Crippen LogP contribution is -2.07. The average Bonchev–Trinajstić information content (AvgIpc) is 2.15. The molecule has 0 aliphatic heterocycles. The third-order valence-electron chi connectivity index (χ3n) is 1.09. The maximum absolute atomic E-state index is 9.91. The van der Waals surface area contributed by atoms with Gasteiger partial charge in [-0.3, -0.25) is 0 Å². The van der Waals surface area contributed by atoms with E-state index in [0.29, 0.717) is 0 Å². The zero-order chi connectivity index (χ0) is 10.8. The van der Waals surface area contributed by atoms with Crippen LogP contribution in [0.2, 0.25) is 0 Å². The number of isocyanates is 3. The minimum atomic E-state index is -0.859. The Morgan fingerprint density at radius 3 is 2.14 bits per heavy atom. The van der Waals surface area contributed by atoms with E-state index < -0.39 is 5.50 Å². The summed E-state index contributed by atoms with van der Waals surface area (Å²) >= 11 is 1.10. The molecule has 74 valence electrons. The second kappa shape index (κ2) is 8.10. The Hall–Kier alpha value is -1.51. The minimum Gasteiger partial charge on any atom is -0.211 e. The van der Waals surface area contributed by atoms with Gasteiger partial charge in [-0.05, 0) is 0 Å². The number of carbonyl (C=O) groups excluding carboxylic acids is 3. The van der Waals surface area contributed by atoms with Crippen molar-refractivity contribution in [2.75, 3.05) is 6.54 Å². The first-order valence-corrected chi connectivity index (χ1v) is 4.52. The van der Waals surface area contributed by atoms with E-state index in [1.807, 2.05) is 0 Å². The molecule has 0 bridgehead atoms. The lowest BCUT2D eigenvalue weighted by molar-refractivity contribution is 0.558. The molecule has 6 nitrogen and oxygen atoms in total. The van der Waals surface area contributed by atoms with Crippen LogP contribution in [0.25, 0.3) is 0 Å². The van der Waals surface area contributed by atoms with Crippen LogP contribution < -0.4 is 0 Å². The molecule has 0 aliphatic rings. The third-order valence-corrected chi connectivity index (χ3v) is 2.16. The molecule has 0 saturated carbocycles. The van der Waals surface area contributed by atoms with Crippen LogP contribution in [0.5, 0.6) is 0 Å². The molecule has 1 atom stereocenters. The zero-order valence-corrected chi connectivity index (χ0v) is 8.15. The molecule has 0 aromatic rings. The number of hydrogen-bond acceptors (Lipinski definition) is 7. The monoisotopic (exact) mass is 213 g/mol. The second-order valence-electron chi connectivity index (χ2n) is 2.15. The summed E-state index contributed by atoms with van der Waals surface area (Å²) in [5.41, 5.74) is -0.859. The van der Waals surface area contributed by atoms with E-state index in [0.717, 1.165) is 11.8 Å². The Balaban J connectivity index is 4.20. The highest BCUT2D eigenvalue weighted by atomic mass is 32.2. The highest BCUT2D eigenvalue weighted by Crippen LogP contribution is 2.19. The van der Waals surface area contributed by atoms with Crippen molar-refractivity contribution in [3.63, 3.8) is 0 Å². The fourth-order valence-electron chi connectivity index (χ4n) is 0.597. The SMILES string of the molecule is CC(CN=C=O)SC(N=C=O)N=C=O. The van der Waals surface area contributed by atoms with Crippen molar-refractivity contribution in [2.24, 2.45) is 15.0 Å². The predicted octanol–water partition coefficient (Wildman–Crippen LogP) is 0.399. The molecule has 0 spiro atoms. The lowest BCUT2D eigenvalue weighted by atomic mass is 10.5. The van der Waals surface area contributed by atoms with E-state index in [9.17, 15) is 14.4 Å². The summed E-state index contributed by atoms with van der Waals surface area (Å²) in [6.07, 6.45) is 3.96. The largest absolute Gasteiger partial charge is 0.238 e. The van der Waals surface area contributed by atoms with Gasteiger partial charge in [0.15, 0.2) is 0 Å². The highest BCUT2D eigenvalue weighted by molar-refractivity contribution is 8.00. The van der Waals surface area contributed by atoms with E-state index in [4.69, 9.17) is 0 Å². The second-order valence-corrected chi connectivity index (χ2v) is 3.64. The van der Waals surface area contributed by atoms with Gasteiger partial charge in [0, 0.05) is 5.25 Å². The standard InChI is InChI=1S/C7H7N3O3S/c1-6(2-8-3-11)14-7(9-4-12)10-5-13/h6-7H,2H2,1H3. The predicted molar refractivity (Wildman–Crippen MR) is 50.1 cm³/mol. The van der Waals surface area contributed by atoms with Crippen LogP contribution in [0.4, 0.5) is 0 Å². The first-order valence-electron chi connectivity index (χ1n) is 3.57. The number of nitrogens with zero attached hydrogens (tertiary/aromatic N) is 3. The summed E-state index contributed by atoms with van der Waals surface area (Å²) in [6.45, 7) is 1.98. The summed E-state index contributed by atoms with van der Waals surface area (Å²) in [6, 6.07) is 0. The summed E-state index contributed by atoms with van der Waals surface area (Å²) in [4.78, 5) is 39.4. The zero-order valence-electron chi connectivity index (χ0n) is 7.34. The van der Waals surface area contributed by atoms with E-state index in [1.54, 1.807) is 6.92 Å². The van der Waals surface area contributed by atoms with Crippen molar-refractivity contribution in [3.05, 3.63) is 0 Å². The van der Waals surface area contributed by atoms with Crippen LogP contribution in [0.15, 0.2) is 15.0 Å². The molecule has 0 heterocycles. The van der Waals surface area contributed by atoms with Crippen LogP contribution >= 0.6 is 11.8 Å². The van der Waals surface area contributed by atoms with Crippen molar-refractivity contribution >= 4 is 30.0 Å². The molecule has 0 radical (unpaired) electrons. The molecule has 0 aromatic carbocycles. The Morgan fingerprint density at radius 2 is 1.71 bits per heavy atom. The van der Waals surface area contributed by atoms with Gasteiger partial charge in [-0.25, -0.2) is 19.4 Å². The summed E-state index contributed by atoms with van der Waals surface area (Å²) in [7, 11) is 0. The normalized spacial score (nSPS) is 12.6. The van der Waals surface area contributed by atoms with E-state index in [2.05, 4.69) is 15.0 Å². The maximum atomic E-state index is 9.91. The van der Waals surface area contributed by atoms with Crippen LogP contribution in [0, 0.1) is 0 Å². The molecule has 0 amide bonds. The van der Waals surface area contributed by atoms with Crippen molar-refractivity contribution in [1.82, 2.24) is 0 Å². The summed E-state index contributed by atoms with van der Waals surface area (Å²) in [5.74, 6) is 0. The van der Waals surface area contributed by atoms with Gasteiger partial charge in [0.2, 0.25) is 23.7 Å². The van der Waals surface area contributed by atoms with Crippen LogP contribution in [-0.2, 0) is 14.4 Å². The van der Waals surface area contributed by atoms with Gasteiger partial charge in [-0.2, -0.15) is 9.98 Å². The Kier molecular flexibility index (Phi) is 7.23. The Labute approximate surface area is 84.2 Å². The van der Waals surface area contributed by atoms with Gasteiger partial charge in [0.1, 0.15) is 0 Å². The Bertz CT molecular complexity index is 296. The van der Waals surface area contributed by atoms with Gasteiger partial charge in [-0.1, -0.05) is 6.92 Å². The van der Waals surface area contributed by atoms with Crippen molar-refractivity contribution < 1.29 is 14.4 Å². The average molecular weight is 213 g/mol. The molecule has 14 heavy (non-hydrogen) atoms. The van der Waals surface area contributed by atoms with E-state index >= 15 is 0 Å². The summed E-state index contributed by atoms with van der Waals surface area (Å²) < 4.78 is 0. The molecule has 0 fully saturated rings. The molecule has 0 rings (SSSR count). The molecule has 0 saturated heterocycles. The number of aliphatic imine (C=N–C) groups is 3. The van der Waals surface area contributed by atoms with Crippen molar-refractivity contribution in [1.29, 1.82) is 0 Å². The van der Waals surface area contributed by atoms with Gasteiger partial charge >= 0.3 is 0 Å². The molecule has 0 aromatic heterocycles. The molecule has 1 unspecified atom stereocenters. The van der Waals surface area contributed by atoms with E-state index in [1.165, 1.54) is 18.2 Å². The number of thioether (sulfide) groups is 1.